The first-order chi connectivity index (χ1) is 12.0. The van der Waals surface area contributed by atoms with E-state index < -0.39 is 0 Å². The molecule has 2 rings (SSSR count). The monoisotopic (exact) mass is 343 g/mol. The highest BCUT2D eigenvalue weighted by Crippen LogP contribution is 2.25. The molecule has 6 nitrogen and oxygen atoms in total. The summed E-state index contributed by atoms with van der Waals surface area (Å²) in [5.74, 6) is 1.14. The number of aryl methyl sites for hydroxylation is 1. The van der Waals surface area contributed by atoms with Gasteiger partial charge in [-0.3, -0.25) is 9.36 Å². The molecule has 0 saturated carbocycles. The maximum Gasteiger partial charge on any atom is 0.256 e. The van der Waals surface area contributed by atoms with Gasteiger partial charge in [0.05, 0.1) is 0 Å². The van der Waals surface area contributed by atoms with E-state index in [1.165, 1.54) is 0 Å². The second-order valence-electron chi connectivity index (χ2n) is 6.63. The fourth-order valence-electron chi connectivity index (χ4n) is 3.04. The molecule has 0 spiro atoms. The van der Waals surface area contributed by atoms with E-state index in [0.717, 1.165) is 6.42 Å². The van der Waals surface area contributed by atoms with Crippen LogP contribution in [0.2, 0.25) is 0 Å². The molecule has 2 aromatic heterocycles. The van der Waals surface area contributed by atoms with E-state index in [-0.39, 0.29) is 29.6 Å². The molecule has 0 aliphatic heterocycles. The van der Waals surface area contributed by atoms with Gasteiger partial charge in [-0.1, -0.05) is 13.8 Å². The minimum atomic E-state index is -0.317. The molecule has 1 atom stereocenters. The smallest absolute Gasteiger partial charge is 0.256 e. The zero-order chi connectivity index (χ0) is 18.4. The maximum atomic E-state index is 12.6. The normalized spacial score (nSPS) is 12.2. The van der Waals surface area contributed by atoms with Crippen molar-refractivity contribution in [3.05, 3.63) is 41.4 Å². The van der Waals surface area contributed by atoms with Crippen LogP contribution in [-0.4, -0.2) is 28.7 Å². The van der Waals surface area contributed by atoms with Crippen LogP contribution in [0.15, 0.2) is 28.9 Å². The minimum Gasteiger partial charge on any atom is -0.443 e. The van der Waals surface area contributed by atoms with Gasteiger partial charge in [0.25, 0.3) is 5.91 Å². The molecule has 1 unspecified atom stereocenters. The number of hydrogen-bond donors (Lipinski definition) is 2. The fraction of sp³-hybridized carbons (Fsp3) is 0.474. The summed E-state index contributed by atoms with van der Waals surface area (Å²) in [7, 11) is 0. The molecule has 6 heteroatoms. The van der Waals surface area contributed by atoms with E-state index in [9.17, 15) is 15.2 Å². The first-order valence-electron chi connectivity index (χ1n) is 8.53. The van der Waals surface area contributed by atoms with Crippen LogP contribution in [0.3, 0.4) is 0 Å². The Labute approximate surface area is 148 Å². The van der Waals surface area contributed by atoms with E-state index in [2.05, 4.69) is 25.2 Å². The van der Waals surface area contributed by atoms with E-state index >= 15 is 0 Å². The zero-order valence-electron chi connectivity index (χ0n) is 15.0. The second-order valence-corrected chi connectivity index (χ2v) is 6.63. The number of aromatic nitrogens is 1. The van der Waals surface area contributed by atoms with Gasteiger partial charge < -0.3 is 14.8 Å². The summed E-state index contributed by atoms with van der Waals surface area (Å²) < 4.78 is 7.34. The molecule has 0 radical (unpaired) electrons. The molecule has 2 heterocycles. The Morgan fingerprint density at radius 2 is 2.08 bits per heavy atom. The summed E-state index contributed by atoms with van der Waals surface area (Å²) >= 11 is 0. The molecule has 134 valence electrons. The van der Waals surface area contributed by atoms with Gasteiger partial charge in [0.2, 0.25) is 5.88 Å². The van der Waals surface area contributed by atoms with Crippen molar-refractivity contribution < 1.29 is 14.3 Å². The maximum absolute atomic E-state index is 12.6. The molecule has 0 bridgehead atoms. The Kier molecular flexibility index (Phi) is 6.43. The van der Waals surface area contributed by atoms with Crippen LogP contribution in [0, 0.1) is 30.1 Å². The summed E-state index contributed by atoms with van der Waals surface area (Å²) in [6.45, 7) is 6.47. The van der Waals surface area contributed by atoms with Gasteiger partial charge in [0.15, 0.2) is 0 Å². The first kappa shape index (κ1) is 18.8. The predicted octanol–water partition coefficient (Wildman–Crippen LogP) is 3.02. The third-order valence-corrected chi connectivity index (χ3v) is 4.14. The van der Waals surface area contributed by atoms with Gasteiger partial charge in [0, 0.05) is 25.5 Å². The van der Waals surface area contributed by atoms with Crippen molar-refractivity contribution in [1.29, 1.82) is 5.26 Å². The average molecular weight is 343 g/mol. The predicted molar refractivity (Wildman–Crippen MR) is 94.5 cm³/mol. The fourth-order valence-corrected chi connectivity index (χ4v) is 3.04. The Hall–Kier alpha value is -2.52. The van der Waals surface area contributed by atoms with Gasteiger partial charge in [-0.2, -0.15) is 5.26 Å². The SMILES string of the molecule is Cc1oc(-n2cccc2)c(C#N)c1C(=O)NCC(CCO)CC(C)C. The molecule has 0 aliphatic carbocycles. The molecule has 2 N–H and O–H groups in total. The van der Waals surface area contributed by atoms with Crippen LogP contribution in [-0.2, 0) is 0 Å². The number of carbonyl (C=O) groups is 1. The molecule has 0 aromatic carbocycles. The number of aliphatic hydroxyl groups is 1. The standard InChI is InChI=1S/C19H25N3O3/c1-13(2)10-15(6-9-23)12-21-18(24)17-14(3)25-19(16(17)11-20)22-7-4-5-8-22/h4-5,7-8,13,15,23H,6,9-10,12H2,1-3H3,(H,21,24). The number of furan rings is 1. The van der Waals surface area contributed by atoms with Crippen molar-refractivity contribution in [2.75, 3.05) is 13.2 Å². The highest BCUT2D eigenvalue weighted by atomic mass is 16.4. The lowest BCUT2D eigenvalue weighted by atomic mass is 9.94. The van der Waals surface area contributed by atoms with Crippen molar-refractivity contribution in [2.24, 2.45) is 11.8 Å². The lowest BCUT2D eigenvalue weighted by Crippen LogP contribution is -2.31. The lowest BCUT2D eigenvalue weighted by Gasteiger charge is -2.18. The molecular weight excluding hydrogens is 318 g/mol. The van der Waals surface area contributed by atoms with Crippen molar-refractivity contribution in [3.63, 3.8) is 0 Å². The van der Waals surface area contributed by atoms with Gasteiger partial charge in [-0.05, 0) is 43.7 Å². The summed E-state index contributed by atoms with van der Waals surface area (Å²) in [6, 6.07) is 5.73. The minimum absolute atomic E-state index is 0.0964. The summed E-state index contributed by atoms with van der Waals surface area (Å²) in [6.07, 6.45) is 5.09. The molecule has 2 aromatic rings. The number of hydrogen-bond acceptors (Lipinski definition) is 4. The van der Waals surface area contributed by atoms with Crippen molar-refractivity contribution in [2.45, 2.75) is 33.6 Å². The number of rotatable bonds is 8. The molecule has 0 aliphatic rings. The summed E-state index contributed by atoms with van der Waals surface area (Å²) in [4.78, 5) is 12.6. The summed E-state index contributed by atoms with van der Waals surface area (Å²) in [5, 5.41) is 21.6. The Morgan fingerprint density at radius 1 is 1.40 bits per heavy atom. The Bertz CT molecular complexity index is 739. The first-order valence-corrected chi connectivity index (χ1v) is 8.53. The highest BCUT2D eigenvalue weighted by molar-refractivity contribution is 5.98. The van der Waals surface area contributed by atoms with Gasteiger partial charge in [-0.15, -0.1) is 0 Å². The van der Waals surface area contributed by atoms with Crippen LogP contribution in [0.4, 0.5) is 0 Å². The Balaban J connectivity index is 2.18. The number of nitriles is 1. The van der Waals surface area contributed by atoms with Crippen LogP contribution in [0.25, 0.3) is 5.88 Å². The van der Waals surface area contributed by atoms with Crippen molar-refractivity contribution in [3.8, 4) is 12.0 Å². The van der Waals surface area contributed by atoms with Crippen LogP contribution in [0.5, 0.6) is 0 Å². The number of aliphatic hydroxyl groups excluding tert-OH is 1. The topological polar surface area (TPSA) is 91.2 Å². The number of nitrogens with one attached hydrogen (secondary N) is 1. The lowest BCUT2D eigenvalue weighted by molar-refractivity contribution is 0.0939. The highest BCUT2D eigenvalue weighted by Gasteiger charge is 2.25. The van der Waals surface area contributed by atoms with Crippen LogP contribution >= 0.6 is 0 Å². The van der Waals surface area contributed by atoms with E-state index in [4.69, 9.17) is 4.42 Å². The molecule has 1 amide bonds. The summed E-state index contributed by atoms with van der Waals surface area (Å²) in [5.41, 5.74) is 0.507. The number of carbonyl (C=O) groups excluding carboxylic acids is 1. The van der Waals surface area contributed by atoms with Gasteiger partial charge in [0.1, 0.15) is 23.0 Å². The van der Waals surface area contributed by atoms with Crippen molar-refractivity contribution >= 4 is 5.91 Å². The van der Waals surface area contributed by atoms with E-state index in [0.29, 0.717) is 30.5 Å². The number of amides is 1. The number of nitrogens with zero attached hydrogens (tertiary/aromatic N) is 2. The van der Waals surface area contributed by atoms with Crippen molar-refractivity contribution in [1.82, 2.24) is 9.88 Å². The third kappa shape index (κ3) is 4.52. The van der Waals surface area contributed by atoms with E-state index in [1.54, 1.807) is 23.9 Å². The molecule has 0 fully saturated rings. The molecule has 0 saturated heterocycles. The van der Waals surface area contributed by atoms with Crippen LogP contribution in [0.1, 0.15) is 48.4 Å². The largest absolute Gasteiger partial charge is 0.443 e. The average Bonchev–Trinajstić information content (AvgIpc) is 3.19. The Morgan fingerprint density at radius 3 is 2.64 bits per heavy atom. The van der Waals surface area contributed by atoms with Crippen LogP contribution < -0.4 is 5.32 Å². The van der Waals surface area contributed by atoms with Gasteiger partial charge in [-0.25, -0.2) is 0 Å². The quantitative estimate of drug-likeness (QED) is 0.771. The zero-order valence-corrected chi connectivity index (χ0v) is 15.0. The second kappa shape index (κ2) is 8.54. The molecule has 25 heavy (non-hydrogen) atoms. The molecular formula is C19H25N3O3. The van der Waals surface area contributed by atoms with E-state index in [1.807, 2.05) is 12.1 Å². The third-order valence-electron chi connectivity index (χ3n) is 4.14. The van der Waals surface area contributed by atoms with Gasteiger partial charge >= 0.3 is 0 Å².